The van der Waals surface area contributed by atoms with Crippen molar-refractivity contribution in [2.24, 2.45) is 0 Å². The zero-order valence-electron chi connectivity index (χ0n) is 21.3. The van der Waals surface area contributed by atoms with Crippen molar-refractivity contribution in [1.82, 2.24) is 24.1 Å². The first-order chi connectivity index (χ1) is 18.6. The van der Waals surface area contributed by atoms with E-state index in [1.807, 2.05) is 13.8 Å². The molecule has 4 heterocycles. The SMILES string of the molecule is CCCn1c(=O)c2[nH]c(-c3ccc(N(CCO)C(=O)c4ccc(C(F)(F)F)nc4)nc3)cc2n(CCC)c1=O. The Hall–Kier alpha value is -4.26. The van der Waals surface area contributed by atoms with Crippen LogP contribution in [0.4, 0.5) is 19.0 Å². The van der Waals surface area contributed by atoms with E-state index in [0.717, 1.165) is 17.2 Å². The number of pyridine rings is 2. The molecule has 4 rings (SSSR count). The average molecular weight is 545 g/mol. The molecular formula is C26H27F3N6O4. The second-order valence-electron chi connectivity index (χ2n) is 8.85. The number of hydrogen-bond donors (Lipinski definition) is 2. The van der Waals surface area contributed by atoms with E-state index < -0.39 is 29.9 Å². The van der Waals surface area contributed by atoms with Gasteiger partial charge in [-0.15, -0.1) is 0 Å². The van der Waals surface area contributed by atoms with Gasteiger partial charge in [-0.05, 0) is 43.2 Å². The van der Waals surface area contributed by atoms with Gasteiger partial charge in [0.2, 0.25) is 0 Å². The van der Waals surface area contributed by atoms with Crippen LogP contribution in [-0.4, -0.2) is 48.3 Å². The Morgan fingerprint density at radius 1 is 1.03 bits per heavy atom. The van der Waals surface area contributed by atoms with Gasteiger partial charge in [0, 0.05) is 36.7 Å². The Morgan fingerprint density at radius 3 is 2.31 bits per heavy atom. The Labute approximate surface area is 220 Å². The van der Waals surface area contributed by atoms with Gasteiger partial charge >= 0.3 is 11.9 Å². The van der Waals surface area contributed by atoms with Crippen molar-refractivity contribution in [2.45, 2.75) is 46.0 Å². The number of aromatic amines is 1. The lowest BCUT2D eigenvalue weighted by atomic mass is 10.2. The number of halogens is 3. The summed E-state index contributed by atoms with van der Waals surface area (Å²) in [5.41, 5.74) is -0.135. The predicted octanol–water partition coefficient (Wildman–Crippen LogP) is 3.43. The van der Waals surface area contributed by atoms with Gasteiger partial charge < -0.3 is 10.1 Å². The Bertz CT molecular complexity index is 1590. The average Bonchev–Trinajstić information content (AvgIpc) is 3.37. The minimum Gasteiger partial charge on any atom is -0.395 e. The normalized spacial score (nSPS) is 11.7. The van der Waals surface area contributed by atoms with Crippen molar-refractivity contribution < 1.29 is 23.1 Å². The zero-order valence-corrected chi connectivity index (χ0v) is 21.3. The highest BCUT2D eigenvalue weighted by molar-refractivity contribution is 6.05. The second-order valence-corrected chi connectivity index (χ2v) is 8.85. The van der Waals surface area contributed by atoms with E-state index in [4.69, 9.17) is 0 Å². The van der Waals surface area contributed by atoms with Crippen LogP contribution in [0.25, 0.3) is 22.3 Å². The summed E-state index contributed by atoms with van der Waals surface area (Å²) in [5, 5.41) is 9.49. The molecule has 0 fully saturated rings. The predicted molar refractivity (Wildman–Crippen MR) is 139 cm³/mol. The molecule has 0 bridgehead atoms. The number of carbonyl (C=O) groups excluding carboxylic acids is 1. The maximum absolute atomic E-state index is 13.0. The molecule has 0 unspecified atom stereocenters. The molecule has 0 aliphatic rings. The zero-order chi connectivity index (χ0) is 28.3. The van der Waals surface area contributed by atoms with Crippen LogP contribution in [0.2, 0.25) is 0 Å². The summed E-state index contributed by atoms with van der Waals surface area (Å²) in [4.78, 5) is 50.8. The molecule has 2 N–H and O–H groups in total. The molecule has 0 aliphatic carbocycles. The molecule has 4 aromatic heterocycles. The molecule has 0 radical (unpaired) electrons. The minimum absolute atomic E-state index is 0.102. The summed E-state index contributed by atoms with van der Waals surface area (Å²) in [5.74, 6) is -0.529. The van der Waals surface area contributed by atoms with Crippen molar-refractivity contribution in [3.05, 3.63) is 74.8 Å². The summed E-state index contributed by atoms with van der Waals surface area (Å²) in [6.07, 6.45) is -1.04. The first-order valence-electron chi connectivity index (χ1n) is 12.4. The monoisotopic (exact) mass is 544 g/mol. The molecule has 4 aromatic rings. The Kier molecular flexibility index (Phi) is 8.00. The van der Waals surface area contributed by atoms with Crippen molar-refractivity contribution in [3.8, 4) is 11.3 Å². The van der Waals surface area contributed by atoms with E-state index in [-0.39, 0.29) is 23.6 Å². The van der Waals surface area contributed by atoms with Crippen LogP contribution in [0, 0.1) is 0 Å². The second kappa shape index (κ2) is 11.2. The molecule has 0 saturated carbocycles. The maximum Gasteiger partial charge on any atom is 0.433 e. The van der Waals surface area contributed by atoms with E-state index in [9.17, 15) is 32.7 Å². The fourth-order valence-corrected chi connectivity index (χ4v) is 4.28. The van der Waals surface area contributed by atoms with Gasteiger partial charge in [0.15, 0.2) is 0 Å². The van der Waals surface area contributed by atoms with Gasteiger partial charge in [-0.2, -0.15) is 13.2 Å². The van der Waals surface area contributed by atoms with E-state index in [2.05, 4.69) is 15.0 Å². The van der Waals surface area contributed by atoms with Gasteiger partial charge in [0.05, 0.1) is 24.2 Å². The number of aliphatic hydroxyl groups excluding tert-OH is 1. The summed E-state index contributed by atoms with van der Waals surface area (Å²) in [6, 6.07) is 6.58. The summed E-state index contributed by atoms with van der Waals surface area (Å²) < 4.78 is 41.3. The van der Waals surface area contributed by atoms with Crippen LogP contribution in [0.3, 0.4) is 0 Å². The molecule has 0 atom stereocenters. The number of fused-ring (bicyclic) bond motifs is 1. The molecule has 0 aromatic carbocycles. The minimum atomic E-state index is -4.64. The molecule has 0 aliphatic heterocycles. The van der Waals surface area contributed by atoms with E-state index in [0.29, 0.717) is 54.3 Å². The van der Waals surface area contributed by atoms with Crippen LogP contribution >= 0.6 is 0 Å². The van der Waals surface area contributed by atoms with Crippen molar-refractivity contribution in [1.29, 1.82) is 0 Å². The molecule has 0 saturated heterocycles. The number of amides is 1. The number of nitrogens with zero attached hydrogens (tertiary/aromatic N) is 5. The first kappa shape index (κ1) is 27.8. The Balaban J connectivity index is 1.69. The fourth-order valence-electron chi connectivity index (χ4n) is 4.28. The number of anilines is 1. The number of nitrogens with one attached hydrogen (secondary N) is 1. The molecule has 13 heteroatoms. The van der Waals surface area contributed by atoms with Crippen LogP contribution in [0.15, 0.2) is 52.3 Å². The number of aryl methyl sites for hydroxylation is 1. The van der Waals surface area contributed by atoms with E-state index in [1.54, 1.807) is 16.7 Å². The highest BCUT2D eigenvalue weighted by atomic mass is 19.4. The molecular weight excluding hydrogens is 517 g/mol. The Morgan fingerprint density at radius 2 is 1.74 bits per heavy atom. The standard InChI is InChI=1S/C26H27F3N6O4/c1-3-9-33-19-13-18(32-22(19)24(38)35(10-4-2)25(33)39)16-6-8-21(31-14-16)34(11-12-36)23(37)17-5-7-20(30-15-17)26(27,28)29/h5-8,13-15,32,36H,3-4,9-12H2,1-2H3. The fraction of sp³-hybridized carbons (Fsp3) is 0.346. The lowest BCUT2D eigenvalue weighted by Crippen LogP contribution is -2.39. The van der Waals surface area contributed by atoms with E-state index in [1.165, 1.54) is 16.8 Å². The van der Waals surface area contributed by atoms with Crippen molar-refractivity contribution in [2.75, 3.05) is 18.1 Å². The van der Waals surface area contributed by atoms with Crippen LogP contribution in [0.1, 0.15) is 42.7 Å². The number of hydrogen-bond acceptors (Lipinski definition) is 6. The molecule has 1 amide bonds. The van der Waals surface area contributed by atoms with Gasteiger partial charge in [0.25, 0.3) is 11.5 Å². The van der Waals surface area contributed by atoms with E-state index >= 15 is 0 Å². The smallest absolute Gasteiger partial charge is 0.395 e. The number of rotatable bonds is 9. The highest BCUT2D eigenvalue weighted by Gasteiger charge is 2.32. The number of carbonyl (C=O) groups is 1. The topological polar surface area (TPSA) is 126 Å². The third-order valence-corrected chi connectivity index (χ3v) is 6.11. The van der Waals surface area contributed by atoms with Gasteiger partial charge in [-0.1, -0.05) is 13.8 Å². The van der Waals surface area contributed by atoms with Crippen molar-refractivity contribution in [3.63, 3.8) is 0 Å². The van der Waals surface area contributed by atoms with Crippen LogP contribution in [0.5, 0.6) is 0 Å². The summed E-state index contributed by atoms with van der Waals surface area (Å²) in [7, 11) is 0. The molecule has 39 heavy (non-hydrogen) atoms. The largest absolute Gasteiger partial charge is 0.433 e. The van der Waals surface area contributed by atoms with Crippen LogP contribution < -0.4 is 16.1 Å². The third-order valence-electron chi connectivity index (χ3n) is 6.11. The summed E-state index contributed by atoms with van der Waals surface area (Å²) in [6.45, 7) is 3.98. The third kappa shape index (κ3) is 5.48. The highest BCUT2D eigenvalue weighted by Crippen LogP contribution is 2.28. The quantitative estimate of drug-likeness (QED) is 0.333. The van der Waals surface area contributed by atoms with Gasteiger partial charge in [-0.25, -0.2) is 9.78 Å². The lowest BCUT2D eigenvalue weighted by molar-refractivity contribution is -0.141. The summed E-state index contributed by atoms with van der Waals surface area (Å²) >= 11 is 0. The number of aromatic nitrogens is 5. The first-order valence-corrected chi connectivity index (χ1v) is 12.4. The van der Waals surface area contributed by atoms with Gasteiger partial charge in [-0.3, -0.25) is 28.6 Å². The number of H-pyrrole nitrogens is 1. The number of aliphatic hydroxyl groups is 1. The lowest BCUT2D eigenvalue weighted by Gasteiger charge is -2.21. The number of alkyl halides is 3. The molecule has 10 nitrogen and oxygen atoms in total. The molecule has 206 valence electrons. The molecule has 0 spiro atoms. The maximum atomic E-state index is 13.0. The van der Waals surface area contributed by atoms with Crippen LogP contribution in [-0.2, 0) is 19.3 Å². The van der Waals surface area contributed by atoms with Crippen molar-refractivity contribution >= 4 is 22.8 Å². The van der Waals surface area contributed by atoms with Gasteiger partial charge in [0.1, 0.15) is 17.0 Å².